The highest BCUT2D eigenvalue weighted by atomic mass is 16.7. The summed E-state index contributed by atoms with van der Waals surface area (Å²) in [5.41, 5.74) is 1.06. The van der Waals surface area contributed by atoms with Gasteiger partial charge in [0.25, 0.3) is 0 Å². The molecule has 2 fully saturated rings. The Morgan fingerprint density at radius 2 is 2.00 bits per heavy atom. The van der Waals surface area contributed by atoms with Crippen molar-refractivity contribution in [2.45, 2.75) is 77.3 Å². The summed E-state index contributed by atoms with van der Waals surface area (Å²) in [6.45, 7) is 9.58. The summed E-state index contributed by atoms with van der Waals surface area (Å²) in [4.78, 5) is 0. The highest BCUT2D eigenvalue weighted by molar-refractivity contribution is 6.62. The third-order valence-electron chi connectivity index (χ3n) is 5.31. The number of nitrogens with one attached hydrogen (secondary N) is 1. The van der Waals surface area contributed by atoms with Crippen LogP contribution in [0.25, 0.3) is 0 Å². The molecule has 0 radical (unpaired) electrons. The molecular weight excluding hydrogens is 331 g/mol. The zero-order valence-corrected chi connectivity index (χ0v) is 16.3. The zero-order chi connectivity index (χ0) is 18.6. The first-order chi connectivity index (χ1) is 12.4. The van der Waals surface area contributed by atoms with Gasteiger partial charge in [-0.25, -0.2) is 0 Å². The molecule has 3 rings (SSSR count). The Morgan fingerprint density at radius 3 is 2.69 bits per heavy atom. The number of aromatic amines is 1. The summed E-state index contributed by atoms with van der Waals surface area (Å²) in [7, 11) is -0.415. The molecule has 0 amide bonds. The van der Waals surface area contributed by atoms with Gasteiger partial charge < -0.3 is 18.8 Å². The van der Waals surface area contributed by atoms with Crippen LogP contribution in [0.5, 0.6) is 0 Å². The van der Waals surface area contributed by atoms with Crippen molar-refractivity contribution >= 4 is 12.6 Å². The molecule has 1 atom stereocenters. The van der Waals surface area contributed by atoms with Gasteiger partial charge in [0.1, 0.15) is 0 Å². The van der Waals surface area contributed by atoms with Gasteiger partial charge in [-0.2, -0.15) is 5.10 Å². The predicted octanol–water partition coefficient (Wildman–Crippen LogP) is 2.19. The van der Waals surface area contributed by atoms with Gasteiger partial charge in [-0.1, -0.05) is 5.92 Å². The molecule has 6 nitrogen and oxygen atoms in total. The van der Waals surface area contributed by atoms with Crippen LogP contribution in [0.2, 0.25) is 0 Å². The molecule has 2 saturated heterocycles. The van der Waals surface area contributed by atoms with Gasteiger partial charge in [-0.3, -0.25) is 5.10 Å². The molecule has 2 aliphatic heterocycles. The Balaban J connectivity index is 1.48. The average Bonchev–Trinajstić information content (AvgIpc) is 3.14. The van der Waals surface area contributed by atoms with Crippen LogP contribution in [0, 0.1) is 11.8 Å². The maximum atomic E-state index is 6.10. The van der Waals surface area contributed by atoms with E-state index < -0.39 is 7.12 Å². The fourth-order valence-electron chi connectivity index (χ4n) is 2.96. The summed E-state index contributed by atoms with van der Waals surface area (Å²) >= 11 is 0. The standard InChI is InChI=1S/C19H29BN2O4/c1-18(2)19(3,4)26-20(25-18)15-14-21-22-16(15)10-6-5-8-12-23-17-11-7-9-13-24-17/h14,17H,7-13H2,1-4H3,(H,21,22)/t17-/m1/s1. The summed E-state index contributed by atoms with van der Waals surface area (Å²) < 4.78 is 23.4. The van der Waals surface area contributed by atoms with E-state index in [9.17, 15) is 0 Å². The Kier molecular flexibility index (Phi) is 6.08. The number of nitrogens with zero attached hydrogens (tertiary/aromatic N) is 1. The summed E-state index contributed by atoms with van der Waals surface area (Å²) in [5, 5.41) is 7.21. The minimum absolute atomic E-state index is 0.0492. The molecule has 0 saturated carbocycles. The maximum Gasteiger partial charge on any atom is 0.498 e. The second-order valence-corrected chi connectivity index (χ2v) is 7.82. The molecule has 0 bridgehead atoms. The Bertz CT molecular complexity index is 640. The lowest BCUT2D eigenvalue weighted by molar-refractivity contribution is -0.161. The number of hydrogen-bond acceptors (Lipinski definition) is 5. The number of aromatic nitrogens is 2. The van der Waals surface area contributed by atoms with E-state index in [-0.39, 0.29) is 17.5 Å². The molecule has 0 spiro atoms. The van der Waals surface area contributed by atoms with Crippen molar-refractivity contribution in [3.05, 3.63) is 11.9 Å². The third kappa shape index (κ3) is 4.50. The van der Waals surface area contributed by atoms with Crippen molar-refractivity contribution in [1.29, 1.82) is 0 Å². The Morgan fingerprint density at radius 1 is 1.23 bits per heavy atom. The van der Waals surface area contributed by atoms with Crippen LogP contribution in [-0.4, -0.2) is 48.0 Å². The highest BCUT2D eigenvalue weighted by Gasteiger charge is 2.52. The molecule has 26 heavy (non-hydrogen) atoms. The van der Waals surface area contributed by atoms with E-state index in [1.54, 1.807) is 0 Å². The van der Waals surface area contributed by atoms with Crippen LogP contribution in [0.3, 0.4) is 0 Å². The molecule has 7 heteroatoms. The minimum Gasteiger partial charge on any atom is -0.399 e. The van der Waals surface area contributed by atoms with Crippen LogP contribution in [-0.2, 0) is 25.2 Å². The number of ether oxygens (including phenoxy) is 2. The summed E-state index contributed by atoms with van der Waals surface area (Å²) in [6.07, 6.45) is 6.33. The van der Waals surface area contributed by atoms with Gasteiger partial charge in [0.15, 0.2) is 6.29 Å². The molecule has 142 valence electrons. The van der Waals surface area contributed by atoms with Gasteiger partial charge in [-0.15, -0.1) is 5.92 Å². The summed E-state index contributed by atoms with van der Waals surface area (Å²) in [5.74, 6) is 6.31. The molecule has 0 aliphatic carbocycles. The number of rotatable bonds is 5. The van der Waals surface area contributed by atoms with E-state index in [1.165, 1.54) is 6.42 Å². The van der Waals surface area contributed by atoms with Crippen LogP contribution in [0.15, 0.2) is 6.20 Å². The van der Waals surface area contributed by atoms with Gasteiger partial charge >= 0.3 is 7.12 Å². The summed E-state index contributed by atoms with van der Waals surface area (Å²) in [6, 6.07) is 0. The topological polar surface area (TPSA) is 65.6 Å². The molecule has 1 aromatic rings. The fourth-order valence-corrected chi connectivity index (χ4v) is 2.96. The zero-order valence-electron chi connectivity index (χ0n) is 16.3. The predicted molar refractivity (Wildman–Crippen MR) is 99.9 cm³/mol. The molecule has 1 aromatic heterocycles. The lowest BCUT2D eigenvalue weighted by atomic mass is 9.79. The monoisotopic (exact) mass is 360 g/mol. The van der Waals surface area contributed by atoms with Crippen LogP contribution in [0.4, 0.5) is 0 Å². The second kappa shape index (κ2) is 8.14. The average molecular weight is 360 g/mol. The molecule has 2 aliphatic rings. The minimum atomic E-state index is -0.415. The van der Waals surface area contributed by atoms with Crippen molar-refractivity contribution < 1.29 is 18.8 Å². The second-order valence-electron chi connectivity index (χ2n) is 7.82. The van der Waals surface area contributed by atoms with E-state index in [1.807, 2.05) is 33.9 Å². The smallest absolute Gasteiger partial charge is 0.399 e. The van der Waals surface area contributed by atoms with Crippen molar-refractivity contribution in [3.8, 4) is 11.8 Å². The SMILES string of the molecule is CC1(C)OB(c2c[nH]nc2CC#CCCO[C@H]2CCCCO2)OC1(C)C. The normalized spacial score (nSPS) is 24.3. The van der Waals surface area contributed by atoms with Crippen molar-refractivity contribution in [2.75, 3.05) is 13.2 Å². The third-order valence-corrected chi connectivity index (χ3v) is 5.31. The van der Waals surface area contributed by atoms with Crippen LogP contribution < -0.4 is 5.46 Å². The van der Waals surface area contributed by atoms with Crippen LogP contribution >= 0.6 is 0 Å². The first-order valence-electron chi connectivity index (χ1n) is 9.46. The molecule has 0 aromatic carbocycles. The van der Waals surface area contributed by atoms with E-state index in [0.29, 0.717) is 19.4 Å². The van der Waals surface area contributed by atoms with E-state index in [2.05, 4.69) is 22.0 Å². The lowest BCUT2D eigenvalue weighted by Crippen LogP contribution is -2.41. The molecule has 0 unspecified atom stereocenters. The molecular formula is C19H29BN2O4. The van der Waals surface area contributed by atoms with Crippen molar-refractivity contribution in [2.24, 2.45) is 0 Å². The molecule has 3 heterocycles. The fraction of sp³-hybridized carbons (Fsp3) is 0.737. The van der Waals surface area contributed by atoms with Gasteiger partial charge in [0, 0.05) is 24.7 Å². The maximum absolute atomic E-state index is 6.10. The molecule has 1 N–H and O–H groups in total. The highest BCUT2D eigenvalue weighted by Crippen LogP contribution is 2.36. The van der Waals surface area contributed by atoms with Gasteiger partial charge in [-0.05, 0) is 47.0 Å². The van der Waals surface area contributed by atoms with Crippen molar-refractivity contribution in [1.82, 2.24) is 10.2 Å². The van der Waals surface area contributed by atoms with E-state index in [0.717, 1.165) is 30.6 Å². The van der Waals surface area contributed by atoms with Gasteiger partial charge in [0.2, 0.25) is 0 Å². The first kappa shape index (κ1) is 19.4. The largest absolute Gasteiger partial charge is 0.498 e. The van der Waals surface area contributed by atoms with Crippen LogP contribution in [0.1, 0.15) is 59.1 Å². The van der Waals surface area contributed by atoms with E-state index in [4.69, 9.17) is 18.8 Å². The number of hydrogen-bond donors (Lipinski definition) is 1. The quantitative estimate of drug-likeness (QED) is 0.495. The van der Waals surface area contributed by atoms with Gasteiger partial charge in [0.05, 0.1) is 29.9 Å². The Labute approximate surface area is 156 Å². The number of H-pyrrole nitrogens is 1. The Hall–Kier alpha value is -1.33. The first-order valence-corrected chi connectivity index (χ1v) is 9.46. The lowest BCUT2D eigenvalue weighted by Gasteiger charge is -2.32. The van der Waals surface area contributed by atoms with Crippen molar-refractivity contribution in [3.63, 3.8) is 0 Å². The van der Waals surface area contributed by atoms with E-state index >= 15 is 0 Å².